The fourth-order valence-corrected chi connectivity index (χ4v) is 2.61. The Morgan fingerprint density at radius 3 is 2.55 bits per heavy atom. The lowest BCUT2D eigenvalue weighted by Crippen LogP contribution is -2.34. The highest BCUT2D eigenvalue weighted by Gasteiger charge is 2.20. The molecule has 1 radical (unpaired) electrons. The van der Waals surface area contributed by atoms with Crippen LogP contribution in [0.1, 0.15) is 34.1 Å². The van der Waals surface area contributed by atoms with Gasteiger partial charge in [0.15, 0.2) is 0 Å². The molecule has 0 saturated heterocycles. The van der Waals surface area contributed by atoms with Crippen LogP contribution < -0.4 is 16.4 Å². The van der Waals surface area contributed by atoms with Crippen molar-refractivity contribution in [3.8, 4) is 0 Å². The maximum Gasteiger partial charge on any atom is 0.228 e. The fourth-order valence-electron chi connectivity index (χ4n) is 2.23. The first-order chi connectivity index (χ1) is 10.3. The maximum absolute atomic E-state index is 12.5. The molecule has 4 nitrogen and oxygen atoms in total. The maximum atomic E-state index is 12.5. The number of carbonyl (C=O) groups excluding carboxylic acids is 1. The van der Waals surface area contributed by atoms with Crippen molar-refractivity contribution >= 4 is 33.2 Å². The van der Waals surface area contributed by atoms with Gasteiger partial charge in [0.1, 0.15) is 0 Å². The van der Waals surface area contributed by atoms with E-state index in [4.69, 9.17) is 5.73 Å². The molecular weight excluding hydrogens is 342 g/mol. The Balaban J connectivity index is 2.69. The normalized spacial score (nSPS) is 12.7. The van der Waals surface area contributed by atoms with Crippen LogP contribution in [-0.2, 0) is 4.79 Å². The lowest BCUT2D eigenvalue weighted by molar-refractivity contribution is -0.120. The molecule has 0 bridgehead atoms. The standard InChI is InChI=1S/C17H27BrN3O/c1-11(2)7-13(10-20-9-12(3)4)17(22)21-16-6-5-14(18)8-15(16)19/h5-6,8,11,13,20H,7,9-10,19H2,1-4H3,(H,21,22). The van der Waals surface area contributed by atoms with E-state index in [-0.39, 0.29) is 11.8 Å². The summed E-state index contributed by atoms with van der Waals surface area (Å²) in [6, 6.07) is 5.49. The summed E-state index contributed by atoms with van der Waals surface area (Å²) in [4.78, 5) is 12.5. The van der Waals surface area contributed by atoms with E-state index in [1.807, 2.05) is 12.1 Å². The second kappa shape index (κ2) is 9.16. The van der Waals surface area contributed by atoms with Crippen molar-refractivity contribution in [2.45, 2.75) is 34.1 Å². The minimum Gasteiger partial charge on any atom is -0.397 e. The largest absolute Gasteiger partial charge is 0.397 e. The topological polar surface area (TPSA) is 67.2 Å². The molecule has 1 aromatic rings. The highest BCUT2D eigenvalue weighted by Crippen LogP contribution is 2.24. The monoisotopic (exact) mass is 368 g/mol. The van der Waals surface area contributed by atoms with Crippen LogP contribution in [0.25, 0.3) is 0 Å². The van der Waals surface area contributed by atoms with E-state index >= 15 is 0 Å². The molecule has 0 spiro atoms. The third-order valence-electron chi connectivity index (χ3n) is 3.27. The quantitative estimate of drug-likeness (QED) is 0.610. The molecule has 123 valence electrons. The zero-order chi connectivity index (χ0) is 16.7. The second-order valence-corrected chi connectivity index (χ2v) is 7.30. The number of anilines is 2. The Kier molecular flexibility index (Phi) is 7.90. The summed E-state index contributed by atoms with van der Waals surface area (Å²) < 4.78 is 0.900. The fraction of sp³-hybridized carbons (Fsp3) is 0.529. The van der Waals surface area contributed by atoms with Crippen molar-refractivity contribution in [3.05, 3.63) is 28.6 Å². The van der Waals surface area contributed by atoms with E-state index < -0.39 is 0 Å². The molecule has 0 aliphatic rings. The number of halogens is 1. The van der Waals surface area contributed by atoms with E-state index in [9.17, 15) is 4.79 Å². The summed E-state index contributed by atoms with van der Waals surface area (Å²) in [5.41, 5.74) is 7.18. The summed E-state index contributed by atoms with van der Waals surface area (Å²) in [6.45, 7) is 9.92. The molecule has 0 heterocycles. The number of hydrogen-bond donors (Lipinski definition) is 3. The van der Waals surface area contributed by atoms with Crippen molar-refractivity contribution in [3.63, 3.8) is 0 Å². The molecule has 0 aromatic heterocycles. The van der Waals surface area contributed by atoms with Crippen LogP contribution >= 0.6 is 15.9 Å². The number of amides is 1. The number of nitrogens with one attached hydrogen (secondary N) is 2. The third kappa shape index (κ3) is 6.79. The Morgan fingerprint density at radius 1 is 1.32 bits per heavy atom. The van der Waals surface area contributed by atoms with Crippen molar-refractivity contribution in [2.75, 3.05) is 24.1 Å². The van der Waals surface area contributed by atoms with Gasteiger partial charge in [-0.2, -0.15) is 0 Å². The molecule has 1 unspecified atom stereocenters. The molecule has 4 N–H and O–H groups in total. The highest BCUT2D eigenvalue weighted by atomic mass is 79.9. The number of nitrogens with two attached hydrogens (primary N) is 1. The number of rotatable bonds is 8. The first-order valence-corrected chi connectivity index (χ1v) is 8.44. The molecule has 1 atom stereocenters. The molecule has 0 aliphatic carbocycles. The van der Waals surface area contributed by atoms with E-state index in [2.05, 4.69) is 54.3 Å². The van der Waals surface area contributed by atoms with Gasteiger partial charge in [-0.05, 0) is 36.5 Å². The number of nitrogen functional groups attached to an aromatic ring is 1. The van der Waals surface area contributed by atoms with Crippen LogP contribution in [0.2, 0.25) is 0 Å². The van der Waals surface area contributed by atoms with Crippen molar-refractivity contribution in [1.82, 2.24) is 5.32 Å². The van der Waals surface area contributed by atoms with Gasteiger partial charge in [0, 0.05) is 17.6 Å². The van der Waals surface area contributed by atoms with Gasteiger partial charge < -0.3 is 16.4 Å². The van der Waals surface area contributed by atoms with Gasteiger partial charge in [-0.25, -0.2) is 0 Å². The lowest BCUT2D eigenvalue weighted by atomic mass is 9.96. The second-order valence-electron chi connectivity index (χ2n) is 6.39. The Morgan fingerprint density at radius 2 is 2.00 bits per heavy atom. The minimum atomic E-state index is -0.0672. The number of benzene rings is 1. The predicted octanol–water partition coefficient (Wildman–Crippen LogP) is 3.84. The molecule has 1 aromatic carbocycles. The number of hydrogen-bond acceptors (Lipinski definition) is 3. The van der Waals surface area contributed by atoms with Crippen LogP contribution in [0.15, 0.2) is 22.7 Å². The van der Waals surface area contributed by atoms with E-state index in [0.717, 1.165) is 17.4 Å². The van der Waals surface area contributed by atoms with Crippen LogP contribution in [0, 0.1) is 17.8 Å². The van der Waals surface area contributed by atoms with Gasteiger partial charge >= 0.3 is 0 Å². The summed E-state index contributed by atoms with van der Waals surface area (Å²) in [5.74, 6) is 1.72. The van der Waals surface area contributed by atoms with E-state index in [1.54, 1.807) is 6.07 Å². The highest BCUT2D eigenvalue weighted by molar-refractivity contribution is 9.10. The van der Waals surface area contributed by atoms with E-state index in [1.165, 1.54) is 5.92 Å². The summed E-state index contributed by atoms with van der Waals surface area (Å²) in [5, 5.41) is 6.29. The average Bonchev–Trinajstić information content (AvgIpc) is 2.40. The predicted molar refractivity (Wildman–Crippen MR) is 97.6 cm³/mol. The Bertz CT molecular complexity index is 489. The molecule has 22 heavy (non-hydrogen) atoms. The molecule has 0 saturated carbocycles. The molecule has 5 heteroatoms. The van der Waals surface area contributed by atoms with Crippen molar-refractivity contribution < 1.29 is 4.79 Å². The Hall–Kier alpha value is -1.07. The smallest absolute Gasteiger partial charge is 0.228 e. The number of carbonyl (C=O) groups is 1. The van der Waals surface area contributed by atoms with Gasteiger partial charge in [0.2, 0.25) is 5.91 Å². The van der Waals surface area contributed by atoms with Crippen molar-refractivity contribution in [2.24, 2.45) is 11.8 Å². The first-order valence-electron chi connectivity index (χ1n) is 7.65. The van der Waals surface area contributed by atoms with Gasteiger partial charge in [-0.1, -0.05) is 43.6 Å². The SMILES string of the molecule is C[C](C)CNCC(CC(C)C)C(=O)Nc1ccc(Br)cc1N. The summed E-state index contributed by atoms with van der Waals surface area (Å²) >= 11 is 3.37. The molecule has 1 rings (SSSR count). The Labute approximate surface area is 142 Å². The van der Waals surface area contributed by atoms with E-state index in [0.29, 0.717) is 23.8 Å². The minimum absolute atomic E-state index is 0.0176. The van der Waals surface area contributed by atoms with Gasteiger partial charge in [-0.3, -0.25) is 4.79 Å². The summed E-state index contributed by atoms with van der Waals surface area (Å²) in [7, 11) is 0. The summed E-state index contributed by atoms with van der Waals surface area (Å²) in [6.07, 6.45) is 0.845. The van der Waals surface area contributed by atoms with Crippen LogP contribution in [0.5, 0.6) is 0 Å². The van der Waals surface area contributed by atoms with Gasteiger partial charge in [-0.15, -0.1) is 0 Å². The molecule has 0 aliphatic heterocycles. The third-order valence-corrected chi connectivity index (χ3v) is 3.76. The van der Waals surface area contributed by atoms with Gasteiger partial charge in [0.25, 0.3) is 0 Å². The van der Waals surface area contributed by atoms with Crippen LogP contribution in [-0.4, -0.2) is 19.0 Å². The van der Waals surface area contributed by atoms with Crippen molar-refractivity contribution in [1.29, 1.82) is 0 Å². The van der Waals surface area contributed by atoms with Crippen LogP contribution in [0.4, 0.5) is 11.4 Å². The van der Waals surface area contributed by atoms with Gasteiger partial charge in [0.05, 0.1) is 17.3 Å². The zero-order valence-corrected chi connectivity index (χ0v) is 15.5. The molecule has 0 fully saturated rings. The lowest BCUT2D eigenvalue weighted by Gasteiger charge is -2.20. The zero-order valence-electron chi connectivity index (χ0n) is 13.9. The first kappa shape index (κ1) is 19.0. The van der Waals surface area contributed by atoms with Crippen LogP contribution in [0.3, 0.4) is 0 Å². The molecular formula is C17H27BrN3O. The molecule has 1 amide bonds. The average molecular weight is 369 g/mol.